The SMILES string of the molecule is Cc1nncc(-c2cc[n+](CCS(=O)(=O)[O-])cc2)n1. The standard InChI is InChI=1S/C11H12N4O3S/c1-9-13-11(8-12-14-9)10-2-4-15(5-3-10)6-7-19(16,17)18/h2-5,8H,6-7H2,1H3. The van der Waals surface area contributed by atoms with Gasteiger partial charge in [0.1, 0.15) is 15.9 Å². The minimum Gasteiger partial charge on any atom is -0.748 e. The summed E-state index contributed by atoms with van der Waals surface area (Å²) in [6.07, 6.45) is 4.94. The smallest absolute Gasteiger partial charge is 0.169 e. The zero-order chi connectivity index (χ0) is 13.9. The van der Waals surface area contributed by atoms with Crippen LogP contribution in [0.5, 0.6) is 0 Å². The maximum Gasteiger partial charge on any atom is 0.169 e. The minimum absolute atomic E-state index is 0.132. The van der Waals surface area contributed by atoms with Crippen molar-refractivity contribution in [2.24, 2.45) is 0 Å². The normalized spacial score (nSPS) is 11.5. The van der Waals surface area contributed by atoms with E-state index < -0.39 is 15.9 Å². The molecule has 0 bridgehead atoms. The molecule has 0 aromatic carbocycles. The van der Waals surface area contributed by atoms with E-state index in [2.05, 4.69) is 15.2 Å². The molecule has 0 aliphatic rings. The Morgan fingerprint density at radius 1 is 1.32 bits per heavy atom. The van der Waals surface area contributed by atoms with Crippen molar-refractivity contribution in [2.75, 3.05) is 5.75 Å². The number of hydrogen-bond donors (Lipinski definition) is 0. The molecule has 2 aromatic rings. The first kappa shape index (κ1) is 13.5. The number of hydrogen-bond acceptors (Lipinski definition) is 6. The highest BCUT2D eigenvalue weighted by atomic mass is 32.2. The van der Waals surface area contributed by atoms with Gasteiger partial charge in [-0.25, -0.2) is 18.0 Å². The van der Waals surface area contributed by atoms with Gasteiger partial charge in [-0.15, -0.1) is 5.10 Å². The number of pyridine rings is 1. The summed E-state index contributed by atoms with van der Waals surface area (Å²) in [5.41, 5.74) is 1.54. The van der Waals surface area contributed by atoms with Crippen molar-refractivity contribution in [3.8, 4) is 11.3 Å². The largest absolute Gasteiger partial charge is 0.748 e. The molecule has 100 valence electrons. The third-order valence-corrected chi connectivity index (χ3v) is 3.13. The maximum atomic E-state index is 10.5. The van der Waals surface area contributed by atoms with Crippen LogP contribution in [0.3, 0.4) is 0 Å². The average molecular weight is 280 g/mol. The molecule has 0 atom stereocenters. The van der Waals surface area contributed by atoms with Crippen LogP contribution in [0.25, 0.3) is 11.3 Å². The van der Waals surface area contributed by atoms with E-state index in [1.807, 2.05) is 0 Å². The molecule has 2 heterocycles. The highest BCUT2D eigenvalue weighted by Gasteiger charge is 2.06. The van der Waals surface area contributed by atoms with Crippen LogP contribution in [-0.2, 0) is 16.7 Å². The molecule has 0 unspecified atom stereocenters. The molecule has 0 saturated heterocycles. The van der Waals surface area contributed by atoms with Crippen molar-refractivity contribution in [3.63, 3.8) is 0 Å². The number of aryl methyl sites for hydroxylation is 2. The lowest BCUT2D eigenvalue weighted by Crippen LogP contribution is -2.36. The molecule has 7 nitrogen and oxygen atoms in total. The highest BCUT2D eigenvalue weighted by Crippen LogP contribution is 2.12. The molecule has 0 saturated carbocycles. The van der Waals surface area contributed by atoms with E-state index in [0.717, 1.165) is 5.56 Å². The molecule has 0 spiro atoms. The van der Waals surface area contributed by atoms with Crippen molar-refractivity contribution in [1.82, 2.24) is 15.2 Å². The summed E-state index contributed by atoms with van der Waals surface area (Å²) in [6, 6.07) is 3.56. The zero-order valence-corrected chi connectivity index (χ0v) is 11.0. The van der Waals surface area contributed by atoms with E-state index in [1.54, 1.807) is 42.2 Å². The van der Waals surface area contributed by atoms with E-state index >= 15 is 0 Å². The summed E-state index contributed by atoms with van der Waals surface area (Å²) < 4.78 is 33.2. The van der Waals surface area contributed by atoms with Gasteiger partial charge >= 0.3 is 0 Å². The molecular formula is C11H12N4O3S. The van der Waals surface area contributed by atoms with Crippen LogP contribution in [0.1, 0.15) is 5.82 Å². The van der Waals surface area contributed by atoms with Gasteiger partial charge in [-0.1, -0.05) is 0 Å². The summed E-state index contributed by atoms with van der Waals surface area (Å²) in [5.74, 6) is 0.150. The van der Waals surface area contributed by atoms with Gasteiger partial charge in [0.05, 0.1) is 17.6 Å². The van der Waals surface area contributed by atoms with E-state index in [1.165, 1.54) is 0 Å². The van der Waals surface area contributed by atoms with Crippen molar-refractivity contribution < 1.29 is 17.5 Å². The second kappa shape index (κ2) is 5.37. The monoisotopic (exact) mass is 280 g/mol. The van der Waals surface area contributed by atoms with Gasteiger partial charge in [0.2, 0.25) is 0 Å². The van der Waals surface area contributed by atoms with Crippen LogP contribution in [0, 0.1) is 6.92 Å². The van der Waals surface area contributed by atoms with Crippen molar-refractivity contribution >= 4 is 10.1 Å². The highest BCUT2D eigenvalue weighted by molar-refractivity contribution is 7.85. The molecule has 0 amide bonds. The lowest BCUT2D eigenvalue weighted by atomic mass is 10.2. The maximum absolute atomic E-state index is 10.5. The molecule has 0 aliphatic heterocycles. The Hall–Kier alpha value is -1.93. The first-order valence-electron chi connectivity index (χ1n) is 5.53. The Kier molecular flexibility index (Phi) is 3.82. The Balaban J connectivity index is 2.15. The summed E-state index contributed by atoms with van der Waals surface area (Å²) in [7, 11) is -4.19. The van der Waals surface area contributed by atoms with Gasteiger partial charge < -0.3 is 4.55 Å². The van der Waals surface area contributed by atoms with Crippen LogP contribution in [0.4, 0.5) is 0 Å². The lowest BCUT2D eigenvalue weighted by molar-refractivity contribution is -0.692. The Morgan fingerprint density at radius 3 is 2.58 bits per heavy atom. The molecule has 19 heavy (non-hydrogen) atoms. The topological polar surface area (TPSA) is 99.8 Å². The van der Waals surface area contributed by atoms with Gasteiger partial charge in [0, 0.05) is 17.7 Å². The third kappa shape index (κ3) is 4.04. The Bertz CT molecular complexity index is 671. The first-order chi connectivity index (χ1) is 8.94. The second-order valence-corrected chi connectivity index (χ2v) is 5.50. The summed E-state index contributed by atoms with van der Waals surface area (Å²) in [5, 5.41) is 7.58. The molecular weight excluding hydrogens is 268 g/mol. The third-order valence-electron chi connectivity index (χ3n) is 2.45. The predicted molar refractivity (Wildman–Crippen MR) is 64.8 cm³/mol. The van der Waals surface area contributed by atoms with Gasteiger partial charge in [-0.2, -0.15) is 5.10 Å². The fourth-order valence-electron chi connectivity index (χ4n) is 1.53. The molecule has 2 rings (SSSR count). The van der Waals surface area contributed by atoms with Gasteiger partial charge in [-0.05, 0) is 6.92 Å². The zero-order valence-electron chi connectivity index (χ0n) is 10.2. The Labute approximate surface area is 110 Å². The predicted octanol–water partition coefficient (Wildman–Crippen LogP) is -0.320. The van der Waals surface area contributed by atoms with Crippen LogP contribution in [-0.4, -0.2) is 33.9 Å². The molecule has 0 fully saturated rings. The molecule has 8 heteroatoms. The summed E-state index contributed by atoms with van der Waals surface area (Å²) >= 11 is 0. The Morgan fingerprint density at radius 2 is 2.00 bits per heavy atom. The summed E-state index contributed by atoms with van der Waals surface area (Å²) in [6.45, 7) is 1.88. The van der Waals surface area contributed by atoms with Crippen molar-refractivity contribution in [3.05, 3.63) is 36.5 Å². The average Bonchev–Trinajstić information content (AvgIpc) is 2.36. The molecule has 0 N–H and O–H groups in total. The fourth-order valence-corrected chi connectivity index (χ4v) is 1.96. The van der Waals surface area contributed by atoms with Crippen molar-refractivity contribution in [1.29, 1.82) is 0 Å². The fraction of sp³-hybridized carbons (Fsp3) is 0.273. The summed E-state index contributed by atoms with van der Waals surface area (Å²) in [4.78, 5) is 4.23. The lowest BCUT2D eigenvalue weighted by Gasteiger charge is -2.04. The van der Waals surface area contributed by atoms with Crippen LogP contribution in [0.15, 0.2) is 30.7 Å². The van der Waals surface area contributed by atoms with E-state index in [-0.39, 0.29) is 6.54 Å². The van der Waals surface area contributed by atoms with Gasteiger partial charge in [-0.3, -0.25) is 0 Å². The van der Waals surface area contributed by atoms with Crippen molar-refractivity contribution in [2.45, 2.75) is 13.5 Å². The van der Waals surface area contributed by atoms with E-state index in [9.17, 15) is 13.0 Å². The van der Waals surface area contributed by atoms with Crippen LogP contribution in [0.2, 0.25) is 0 Å². The molecule has 2 aromatic heterocycles. The minimum atomic E-state index is -4.19. The number of nitrogens with zero attached hydrogens (tertiary/aromatic N) is 4. The van der Waals surface area contributed by atoms with Gasteiger partial charge in [0.15, 0.2) is 18.9 Å². The quantitative estimate of drug-likeness (QED) is 0.562. The van der Waals surface area contributed by atoms with E-state index in [4.69, 9.17) is 0 Å². The van der Waals surface area contributed by atoms with E-state index in [0.29, 0.717) is 11.5 Å². The van der Waals surface area contributed by atoms with Gasteiger partial charge in [0.25, 0.3) is 0 Å². The number of aromatic nitrogens is 4. The number of rotatable bonds is 4. The van der Waals surface area contributed by atoms with Crippen LogP contribution >= 0.6 is 0 Å². The first-order valence-corrected chi connectivity index (χ1v) is 7.11. The van der Waals surface area contributed by atoms with Crippen LogP contribution < -0.4 is 4.57 Å². The molecule has 0 radical (unpaired) electrons. The second-order valence-electron chi connectivity index (χ2n) is 3.98. The molecule has 0 aliphatic carbocycles.